The van der Waals surface area contributed by atoms with E-state index < -0.39 is 0 Å². The maximum absolute atomic E-state index is 9.53. The van der Waals surface area contributed by atoms with Gasteiger partial charge in [-0.1, -0.05) is 25.7 Å². The normalized spacial score (nSPS) is 29.1. The SMILES string of the molecule is CC1(O)CN(CCC2CCCC2)C1. The molecule has 1 aliphatic carbocycles. The molecule has 1 N–H and O–H groups in total. The van der Waals surface area contributed by atoms with Crippen molar-refractivity contribution in [1.82, 2.24) is 4.90 Å². The van der Waals surface area contributed by atoms with Crippen LogP contribution in [0.5, 0.6) is 0 Å². The molecule has 13 heavy (non-hydrogen) atoms. The largest absolute Gasteiger partial charge is 0.388 e. The number of hydrogen-bond donors (Lipinski definition) is 1. The van der Waals surface area contributed by atoms with E-state index in [9.17, 15) is 5.11 Å². The van der Waals surface area contributed by atoms with Gasteiger partial charge in [0.05, 0.1) is 5.60 Å². The van der Waals surface area contributed by atoms with Gasteiger partial charge in [0.2, 0.25) is 0 Å². The summed E-state index contributed by atoms with van der Waals surface area (Å²) >= 11 is 0. The first-order valence-electron chi connectivity index (χ1n) is 5.60. The molecular formula is C11H21NO. The number of rotatable bonds is 3. The summed E-state index contributed by atoms with van der Waals surface area (Å²) in [4.78, 5) is 2.37. The minimum atomic E-state index is -0.379. The third-order valence-corrected chi connectivity index (χ3v) is 3.46. The molecule has 0 unspecified atom stereocenters. The van der Waals surface area contributed by atoms with Crippen molar-refractivity contribution in [2.24, 2.45) is 5.92 Å². The topological polar surface area (TPSA) is 23.5 Å². The van der Waals surface area contributed by atoms with Crippen LogP contribution in [0, 0.1) is 5.92 Å². The van der Waals surface area contributed by atoms with Crippen molar-refractivity contribution in [3.05, 3.63) is 0 Å². The van der Waals surface area contributed by atoms with Crippen LogP contribution in [0.1, 0.15) is 39.0 Å². The van der Waals surface area contributed by atoms with Crippen molar-refractivity contribution in [1.29, 1.82) is 0 Å². The molecule has 1 saturated heterocycles. The summed E-state index contributed by atoms with van der Waals surface area (Å²) in [6, 6.07) is 0. The molecule has 0 amide bonds. The van der Waals surface area contributed by atoms with E-state index in [-0.39, 0.29) is 5.60 Å². The Morgan fingerprint density at radius 3 is 2.46 bits per heavy atom. The van der Waals surface area contributed by atoms with Gasteiger partial charge in [-0.2, -0.15) is 0 Å². The van der Waals surface area contributed by atoms with E-state index in [1.165, 1.54) is 38.6 Å². The Balaban J connectivity index is 1.59. The average Bonchev–Trinajstić information content (AvgIpc) is 2.48. The summed E-state index contributed by atoms with van der Waals surface area (Å²) < 4.78 is 0. The van der Waals surface area contributed by atoms with Crippen molar-refractivity contribution >= 4 is 0 Å². The minimum Gasteiger partial charge on any atom is -0.388 e. The van der Waals surface area contributed by atoms with Gasteiger partial charge in [-0.05, 0) is 25.8 Å². The highest BCUT2D eigenvalue weighted by Gasteiger charge is 2.36. The quantitative estimate of drug-likeness (QED) is 0.719. The van der Waals surface area contributed by atoms with Crippen LogP contribution in [-0.4, -0.2) is 35.2 Å². The molecule has 0 radical (unpaired) electrons. The van der Waals surface area contributed by atoms with Crippen LogP contribution >= 0.6 is 0 Å². The molecule has 2 nitrogen and oxygen atoms in total. The maximum Gasteiger partial charge on any atom is 0.0872 e. The fourth-order valence-electron chi connectivity index (χ4n) is 2.74. The number of hydrogen-bond acceptors (Lipinski definition) is 2. The van der Waals surface area contributed by atoms with Crippen molar-refractivity contribution < 1.29 is 5.11 Å². The van der Waals surface area contributed by atoms with E-state index >= 15 is 0 Å². The van der Waals surface area contributed by atoms with Gasteiger partial charge >= 0.3 is 0 Å². The second kappa shape index (κ2) is 3.58. The first-order chi connectivity index (χ1) is 6.16. The minimum absolute atomic E-state index is 0.379. The van der Waals surface area contributed by atoms with Gasteiger partial charge in [0.25, 0.3) is 0 Å². The first-order valence-corrected chi connectivity index (χ1v) is 5.60. The van der Waals surface area contributed by atoms with Gasteiger partial charge in [0.15, 0.2) is 0 Å². The molecule has 2 fully saturated rings. The fourth-order valence-corrected chi connectivity index (χ4v) is 2.74. The van der Waals surface area contributed by atoms with Crippen LogP contribution in [0.2, 0.25) is 0 Å². The third kappa shape index (κ3) is 2.44. The number of likely N-dealkylation sites (tertiary alicyclic amines) is 1. The van der Waals surface area contributed by atoms with Crippen LogP contribution in [0.3, 0.4) is 0 Å². The monoisotopic (exact) mass is 183 g/mol. The highest BCUT2D eigenvalue weighted by atomic mass is 16.3. The van der Waals surface area contributed by atoms with E-state index in [1.54, 1.807) is 0 Å². The number of β-amino-alcohol motifs (C(OH)–C–C–N with tert-alkyl or cyclic N) is 1. The summed E-state index contributed by atoms with van der Waals surface area (Å²) in [5, 5.41) is 9.53. The van der Waals surface area contributed by atoms with Gasteiger partial charge in [0.1, 0.15) is 0 Å². The maximum atomic E-state index is 9.53. The van der Waals surface area contributed by atoms with Crippen LogP contribution < -0.4 is 0 Å². The number of aliphatic hydroxyl groups is 1. The summed E-state index contributed by atoms with van der Waals surface area (Å²) in [5.74, 6) is 0.991. The molecule has 0 aromatic rings. The Bertz CT molecular complexity index is 165. The summed E-state index contributed by atoms with van der Waals surface area (Å²) in [6.07, 6.45) is 7.15. The molecule has 2 rings (SSSR count). The van der Waals surface area contributed by atoms with Crippen LogP contribution in [0.25, 0.3) is 0 Å². The van der Waals surface area contributed by atoms with Gasteiger partial charge < -0.3 is 5.11 Å². The van der Waals surface area contributed by atoms with E-state index in [4.69, 9.17) is 0 Å². The molecule has 0 aromatic heterocycles. The van der Waals surface area contributed by atoms with Crippen molar-refractivity contribution in [3.63, 3.8) is 0 Å². The Morgan fingerprint density at radius 1 is 1.31 bits per heavy atom. The lowest BCUT2D eigenvalue weighted by molar-refractivity contribution is -0.0844. The summed E-state index contributed by atoms with van der Waals surface area (Å²) in [6.45, 7) is 4.92. The second-order valence-electron chi connectivity index (χ2n) is 5.15. The predicted molar refractivity (Wildman–Crippen MR) is 53.6 cm³/mol. The van der Waals surface area contributed by atoms with Crippen LogP contribution in [0.4, 0.5) is 0 Å². The predicted octanol–water partition coefficient (Wildman–Crippen LogP) is 1.63. The van der Waals surface area contributed by atoms with Gasteiger partial charge in [0, 0.05) is 13.1 Å². The Hall–Kier alpha value is -0.0800. The molecule has 1 aliphatic heterocycles. The molecular weight excluding hydrogens is 162 g/mol. The van der Waals surface area contributed by atoms with Crippen molar-refractivity contribution in [2.45, 2.75) is 44.6 Å². The lowest BCUT2D eigenvalue weighted by atomic mass is 9.95. The zero-order chi connectivity index (χ0) is 9.31. The summed E-state index contributed by atoms with van der Waals surface area (Å²) in [7, 11) is 0. The van der Waals surface area contributed by atoms with E-state index in [0.717, 1.165) is 19.0 Å². The zero-order valence-electron chi connectivity index (χ0n) is 8.63. The van der Waals surface area contributed by atoms with Crippen LogP contribution in [-0.2, 0) is 0 Å². The standard InChI is InChI=1S/C11H21NO/c1-11(13)8-12(9-11)7-6-10-4-2-3-5-10/h10,13H,2-9H2,1H3. The van der Waals surface area contributed by atoms with E-state index in [2.05, 4.69) is 4.90 Å². The molecule has 0 aromatic carbocycles. The Labute approximate surface area is 80.9 Å². The van der Waals surface area contributed by atoms with Crippen LogP contribution in [0.15, 0.2) is 0 Å². The molecule has 2 aliphatic rings. The smallest absolute Gasteiger partial charge is 0.0872 e. The van der Waals surface area contributed by atoms with Gasteiger partial charge in [-0.3, -0.25) is 4.90 Å². The second-order valence-corrected chi connectivity index (χ2v) is 5.15. The van der Waals surface area contributed by atoms with Crippen molar-refractivity contribution in [2.75, 3.05) is 19.6 Å². The number of nitrogens with zero attached hydrogens (tertiary/aromatic N) is 1. The zero-order valence-corrected chi connectivity index (χ0v) is 8.63. The van der Waals surface area contributed by atoms with E-state index in [0.29, 0.717) is 0 Å². The van der Waals surface area contributed by atoms with Gasteiger partial charge in [-0.25, -0.2) is 0 Å². The lowest BCUT2D eigenvalue weighted by Gasteiger charge is -2.44. The summed E-state index contributed by atoms with van der Waals surface area (Å²) in [5.41, 5.74) is -0.379. The third-order valence-electron chi connectivity index (χ3n) is 3.46. The molecule has 1 saturated carbocycles. The molecule has 0 spiro atoms. The molecule has 0 bridgehead atoms. The fraction of sp³-hybridized carbons (Fsp3) is 1.00. The van der Waals surface area contributed by atoms with Crippen molar-refractivity contribution in [3.8, 4) is 0 Å². The molecule has 0 atom stereocenters. The highest BCUT2D eigenvalue weighted by Crippen LogP contribution is 2.29. The first kappa shape index (κ1) is 9.47. The highest BCUT2D eigenvalue weighted by molar-refractivity contribution is 4.91. The molecule has 2 heteroatoms. The Kier molecular flexibility index (Phi) is 2.61. The lowest BCUT2D eigenvalue weighted by Crippen LogP contribution is -2.59. The van der Waals surface area contributed by atoms with E-state index in [1.807, 2.05) is 6.92 Å². The molecule has 76 valence electrons. The average molecular weight is 183 g/mol. The Morgan fingerprint density at radius 2 is 1.92 bits per heavy atom. The van der Waals surface area contributed by atoms with Gasteiger partial charge in [-0.15, -0.1) is 0 Å². The molecule has 1 heterocycles.